The van der Waals surface area contributed by atoms with Crippen molar-refractivity contribution < 1.29 is 41.8 Å². The number of ketones is 1. The Bertz CT molecular complexity index is 474. The highest BCUT2D eigenvalue weighted by atomic mass is 19.4. The van der Waals surface area contributed by atoms with Crippen molar-refractivity contribution in [3.8, 4) is 0 Å². The number of carbonyl (C=O) groups is 3. The molecule has 1 amide bonds. The zero-order valence-electron chi connectivity index (χ0n) is 11.7. The number of nitrogens with one attached hydrogen (secondary N) is 1. The molecule has 0 aromatic rings. The molecule has 0 aromatic heterocycles. The molecule has 1 N–H and O–H groups in total. The summed E-state index contributed by atoms with van der Waals surface area (Å²) in [6.07, 6.45) is -6.63. The van der Waals surface area contributed by atoms with Crippen LogP contribution in [-0.4, -0.2) is 54.3 Å². The Morgan fingerprint density at radius 3 is 2.41 bits per heavy atom. The van der Waals surface area contributed by atoms with E-state index < -0.39 is 49.0 Å². The number of hydrogen-bond acceptors (Lipinski definition) is 5. The first kappa shape index (κ1) is 19.7. The fourth-order valence-corrected chi connectivity index (χ4v) is 1.25. The van der Waals surface area contributed by atoms with Gasteiger partial charge in [0, 0.05) is 13.5 Å². The van der Waals surface area contributed by atoms with E-state index in [1.54, 1.807) is 0 Å². The van der Waals surface area contributed by atoms with Gasteiger partial charge in [0.15, 0.2) is 0 Å². The molecule has 0 fully saturated rings. The number of carbonyl (C=O) groups excluding carboxylic acids is 3. The molecule has 0 unspecified atom stereocenters. The van der Waals surface area contributed by atoms with E-state index in [1.807, 2.05) is 5.32 Å². The Balaban J connectivity index is 4.89. The molecule has 8 nitrogen and oxygen atoms in total. The van der Waals surface area contributed by atoms with Gasteiger partial charge < -0.3 is 20.3 Å². The summed E-state index contributed by atoms with van der Waals surface area (Å²) in [5, 5.41) is 1.99. The van der Waals surface area contributed by atoms with Gasteiger partial charge in [0.25, 0.3) is 0 Å². The molecule has 0 radical (unpaired) electrons. The third-order valence-corrected chi connectivity index (χ3v) is 2.42. The molecule has 0 heterocycles. The molecule has 0 spiro atoms. The van der Waals surface area contributed by atoms with Gasteiger partial charge >= 0.3 is 18.5 Å². The normalized spacial score (nSPS) is 13.5. The summed E-state index contributed by atoms with van der Waals surface area (Å²) in [5.74, 6) is -3.37. The molecular weight excluding hydrogens is 311 g/mol. The maximum atomic E-state index is 12.0. The number of rotatable bonds is 8. The molecule has 0 aromatic carbocycles. The quantitative estimate of drug-likeness (QED) is 0.296. The second-order valence-corrected chi connectivity index (χ2v) is 4.06. The highest BCUT2D eigenvalue weighted by Gasteiger charge is 2.37. The zero-order valence-corrected chi connectivity index (χ0v) is 11.7. The number of nitrogens with zero attached hydrogens (tertiary/aromatic N) is 2. The lowest BCUT2D eigenvalue weighted by molar-refractivity contribution is -0.306. The van der Waals surface area contributed by atoms with Crippen LogP contribution >= 0.6 is 0 Å². The Labute approximate surface area is 123 Å². The number of Topliss-reactive ketones (excluding diaryl/α,β-unsaturated/α-hetero) is 1. The van der Waals surface area contributed by atoms with E-state index in [4.69, 9.17) is 5.53 Å². The van der Waals surface area contributed by atoms with Gasteiger partial charge in [-0.15, -0.1) is 13.2 Å². The third kappa shape index (κ3) is 8.12. The topological polar surface area (TPSA) is 118 Å². The van der Waals surface area contributed by atoms with Crippen molar-refractivity contribution in [3.63, 3.8) is 0 Å². The second kappa shape index (κ2) is 8.90. The van der Waals surface area contributed by atoms with Crippen LogP contribution in [0.15, 0.2) is 0 Å². The highest BCUT2D eigenvalue weighted by molar-refractivity contribution is 6.25. The molecule has 124 valence electrons. The minimum atomic E-state index is -5.22. The van der Waals surface area contributed by atoms with Crippen LogP contribution in [0.5, 0.6) is 0 Å². The summed E-state index contributed by atoms with van der Waals surface area (Å²) in [4.78, 5) is 36.5. The van der Waals surface area contributed by atoms with Crippen LogP contribution in [0, 0.1) is 0 Å². The number of methoxy groups -OCH3 is 1. The Morgan fingerprint density at radius 2 is 1.95 bits per heavy atom. The molecule has 11 heteroatoms. The molecule has 0 rings (SSSR count). The van der Waals surface area contributed by atoms with E-state index in [0.29, 0.717) is 6.21 Å². The molecule has 2 atom stereocenters. The lowest BCUT2D eigenvalue weighted by Crippen LogP contribution is -2.47. The summed E-state index contributed by atoms with van der Waals surface area (Å²) in [7, 11) is 1.19. The number of ether oxygens (including phenoxy) is 2. The minimum Gasteiger partial charge on any atom is -0.372 e. The van der Waals surface area contributed by atoms with Crippen molar-refractivity contribution in [1.29, 1.82) is 0 Å². The van der Waals surface area contributed by atoms with Gasteiger partial charge in [0.2, 0.25) is 11.7 Å². The van der Waals surface area contributed by atoms with Gasteiger partial charge in [-0.2, -0.15) is 4.79 Å². The standard InChI is InChI=1S/C11H14F3N3O5/c1-6(21-2)9(19)17-8(4-3-7(18)5-16-15)10(20)22-11(12,13)14/h5-6,8H,3-4H2,1-2H3,(H,17,19)/t6-,8+/m1/s1. The van der Waals surface area contributed by atoms with Gasteiger partial charge in [0.1, 0.15) is 12.1 Å². The molecule has 0 saturated heterocycles. The van der Waals surface area contributed by atoms with Gasteiger partial charge in [0.05, 0.1) is 0 Å². The van der Waals surface area contributed by atoms with Crippen LogP contribution in [0.1, 0.15) is 19.8 Å². The van der Waals surface area contributed by atoms with Crippen molar-refractivity contribution in [3.05, 3.63) is 5.53 Å². The van der Waals surface area contributed by atoms with Crippen LogP contribution in [-0.2, 0) is 23.9 Å². The summed E-state index contributed by atoms with van der Waals surface area (Å²) in [6.45, 7) is 1.31. The maximum absolute atomic E-state index is 12.0. The van der Waals surface area contributed by atoms with Crippen LogP contribution in [0.25, 0.3) is 5.53 Å². The molecule has 0 aliphatic carbocycles. The average Bonchev–Trinajstić information content (AvgIpc) is 2.40. The third-order valence-electron chi connectivity index (χ3n) is 2.42. The lowest BCUT2D eigenvalue weighted by Gasteiger charge is -2.19. The van der Waals surface area contributed by atoms with Gasteiger partial charge in [-0.25, -0.2) is 4.79 Å². The van der Waals surface area contributed by atoms with Crippen molar-refractivity contribution >= 4 is 23.9 Å². The van der Waals surface area contributed by atoms with Gasteiger partial charge in [-0.3, -0.25) is 9.59 Å². The molecule has 0 aliphatic heterocycles. The number of halogens is 3. The number of alkyl halides is 3. The van der Waals surface area contributed by atoms with E-state index in [2.05, 4.69) is 14.3 Å². The number of hydrogen-bond donors (Lipinski definition) is 1. The average molecular weight is 325 g/mol. The van der Waals surface area contributed by atoms with Gasteiger partial charge in [-0.1, -0.05) is 0 Å². The fraction of sp³-hybridized carbons (Fsp3) is 0.636. The van der Waals surface area contributed by atoms with Crippen LogP contribution < -0.4 is 5.32 Å². The van der Waals surface area contributed by atoms with E-state index in [0.717, 1.165) is 0 Å². The molecule has 22 heavy (non-hydrogen) atoms. The van der Waals surface area contributed by atoms with E-state index in [1.165, 1.54) is 14.0 Å². The zero-order chi connectivity index (χ0) is 17.3. The predicted molar refractivity (Wildman–Crippen MR) is 64.5 cm³/mol. The minimum absolute atomic E-state index is 0.441. The lowest BCUT2D eigenvalue weighted by atomic mass is 10.1. The van der Waals surface area contributed by atoms with Crippen LogP contribution in [0.3, 0.4) is 0 Å². The first-order valence-electron chi connectivity index (χ1n) is 5.93. The van der Waals surface area contributed by atoms with Crippen molar-refractivity contribution in [2.45, 2.75) is 38.3 Å². The smallest absolute Gasteiger partial charge is 0.372 e. The molecule has 0 aliphatic rings. The number of esters is 1. The van der Waals surface area contributed by atoms with Crippen molar-refractivity contribution in [2.24, 2.45) is 0 Å². The van der Waals surface area contributed by atoms with Gasteiger partial charge in [-0.05, 0) is 13.3 Å². The van der Waals surface area contributed by atoms with E-state index in [9.17, 15) is 27.6 Å². The predicted octanol–water partition coefficient (Wildman–Crippen LogP) is 0.219. The van der Waals surface area contributed by atoms with Crippen molar-refractivity contribution in [1.82, 2.24) is 5.32 Å². The maximum Gasteiger partial charge on any atom is 0.575 e. The van der Waals surface area contributed by atoms with E-state index >= 15 is 0 Å². The summed E-state index contributed by atoms with van der Waals surface area (Å²) >= 11 is 0. The molecule has 0 saturated carbocycles. The summed E-state index contributed by atoms with van der Waals surface area (Å²) in [6, 6.07) is -1.71. The Hall–Kier alpha value is -2.26. The number of amides is 1. The monoisotopic (exact) mass is 325 g/mol. The van der Waals surface area contributed by atoms with Crippen molar-refractivity contribution in [2.75, 3.05) is 7.11 Å². The largest absolute Gasteiger partial charge is 0.575 e. The molecular formula is C11H14F3N3O5. The Kier molecular flexibility index (Phi) is 7.99. The fourth-order valence-electron chi connectivity index (χ4n) is 1.25. The first-order chi connectivity index (χ1) is 10.1. The SMILES string of the molecule is CO[C@H](C)C(=O)N[C@@H](CCC(=O)C=[N+]=[N-])C(=O)OC(F)(F)F. The second-order valence-electron chi connectivity index (χ2n) is 4.06. The molecule has 0 bridgehead atoms. The summed E-state index contributed by atoms with van der Waals surface area (Å²) < 4.78 is 44.0. The summed E-state index contributed by atoms with van der Waals surface area (Å²) in [5.41, 5.74) is 8.14. The highest BCUT2D eigenvalue weighted by Crippen LogP contribution is 2.18. The first-order valence-corrected chi connectivity index (χ1v) is 5.93. The van der Waals surface area contributed by atoms with Crippen LogP contribution in [0.4, 0.5) is 13.2 Å². The Morgan fingerprint density at radius 1 is 1.36 bits per heavy atom. The van der Waals surface area contributed by atoms with Crippen LogP contribution in [0.2, 0.25) is 0 Å². The van der Waals surface area contributed by atoms with E-state index in [-0.39, 0.29) is 0 Å².